The maximum absolute atomic E-state index is 12.0. The second-order valence-electron chi connectivity index (χ2n) is 6.40. The monoisotopic (exact) mass is 362 g/mol. The van der Waals surface area contributed by atoms with Gasteiger partial charge in [0.1, 0.15) is 5.75 Å². The summed E-state index contributed by atoms with van der Waals surface area (Å²) in [6.07, 6.45) is 0. The van der Waals surface area contributed by atoms with Crippen LogP contribution in [-0.4, -0.2) is 22.7 Å². The molecule has 0 radical (unpaired) electrons. The van der Waals surface area contributed by atoms with Crippen LogP contribution in [0, 0.1) is 20.8 Å². The van der Waals surface area contributed by atoms with Crippen molar-refractivity contribution in [3.8, 4) is 5.75 Å². The van der Waals surface area contributed by atoms with Crippen LogP contribution in [0.4, 0.5) is 17.3 Å². The molecule has 3 rings (SSSR count). The van der Waals surface area contributed by atoms with Crippen molar-refractivity contribution >= 4 is 23.2 Å². The molecular weight excluding hydrogens is 340 g/mol. The van der Waals surface area contributed by atoms with Crippen molar-refractivity contribution in [3.05, 3.63) is 71.3 Å². The molecule has 0 fully saturated rings. The third-order valence-electron chi connectivity index (χ3n) is 3.98. The third-order valence-corrected chi connectivity index (χ3v) is 3.98. The van der Waals surface area contributed by atoms with E-state index in [1.807, 2.05) is 51.1 Å². The van der Waals surface area contributed by atoms with Crippen molar-refractivity contribution in [3.63, 3.8) is 0 Å². The van der Waals surface area contributed by atoms with E-state index in [-0.39, 0.29) is 12.5 Å². The maximum atomic E-state index is 12.0. The van der Waals surface area contributed by atoms with Gasteiger partial charge in [0.15, 0.2) is 18.2 Å². The standard InChI is InChI=1S/C21H22N4O2/c1-14-5-8-17(9-6-14)27-13-21(26)23-20-11-10-19(24-25-20)22-18-12-15(2)4-7-16(18)3/h4-12H,13H2,1-3H3,(H,22,24)(H,23,25,26). The minimum absolute atomic E-state index is 0.0901. The molecule has 1 heterocycles. The van der Waals surface area contributed by atoms with Crippen LogP contribution in [0.5, 0.6) is 5.75 Å². The van der Waals surface area contributed by atoms with E-state index in [0.717, 1.165) is 22.4 Å². The molecule has 138 valence electrons. The van der Waals surface area contributed by atoms with Gasteiger partial charge in [-0.1, -0.05) is 29.8 Å². The van der Waals surface area contributed by atoms with Crippen molar-refractivity contribution in [1.29, 1.82) is 0 Å². The molecule has 0 saturated heterocycles. The molecule has 6 heteroatoms. The lowest BCUT2D eigenvalue weighted by Gasteiger charge is -2.10. The fourth-order valence-corrected chi connectivity index (χ4v) is 2.44. The zero-order valence-corrected chi connectivity index (χ0v) is 15.6. The normalized spacial score (nSPS) is 10.3. The van der Waals surface area contributed by atoms with Gasteiger partial charge in [0, 0.05) is 5.69 Å². The fourth-order valence-electron chi connectivity index (χ4n) is 2.44. The van der Waals surface area contributed by atoms with Crippen molar-refractivity contribution in [2.75, 3.05) is 17.2 Å². The van der Waals surface area contributed by atoms with Gasteiger partial charge in [-0.2, -0.15) is 0 Å². The number of hydrogen-bond acceptors (Lipinski definition) is 5. The number of aryl methyl sites for hydroxylation is 3. The lowest BCUT2D eigenvalue weighted by molar-refractivity contribution is -0.118. The minimum Gasteiger partial charge on any atom is -0.484 e. The number of carbonyl (C=O) groups excluding carboxylic acids is 1. The second kappa shape index (κ2) is 8.31. The summed E-state index contributed by atoms with van der Waals surface area (Å²) >= 11 is 0. The third kappa shape index (κ3) is 5.28. The van der Waals surface area contributed by atoms with Gasteiger partial charge in [0.05, 0.1) is 0 Å². The highest BCUT2D eigenvalue weighted by Gasteiger charge is 2.06. The lowest BCUT2D eigenvalue weighted by Crippen LogP contribution is -2.21. The first-order valence-corrected chi connectivity index (χ1v) is 8.67. The van der Waals surface area contributed by atoms with Gasteiger partial charge in [0.25, 0.3) is 5.91 Å². The number of aromatic nitrogens is 2. The first kappa shape index (κ1) is 18.4. The molecule has 3 aromatic rings. The molecule has 0 unspecified atom stereocenters. The van der Waals surface area contributed by atoms with Gasteiger partial charge >= 0.3 is 0 Å². The summed E-state index contributed by atoms with van der Waals surface area (Å²) in [7, 11) is 0. The molecule has 0 aliphatic rings. The van der Waals surface area contributed by atoms with E-state index in [0.29, 0.717) is 17.4 Å². The maximum Gasteiger partial charge on any atom is 0.263 e. The van der Waals surface area contributed by atoms with Gasteiger partial charge in [0.2, 0.25) is 0 Å². The SMILES string of the molecule is Cc1ccc(OCC(=O)Nc2ccc(Nc3cc(C)ccc3C)nn2)cc1. The molecule has 0 atom stereocenters. The number of amides is 1. The average molecular weight is 362 g/mol. The second-order valence-corrected chi connectivity index (χ2v) is 6.40. The van der Waals surface area contributed by atoms with Crippen LogP contribution >= 0.6 is 0 Å². The smallest absolute Gasteiger partial charge is 0.263 e. The summed E-state index contributed by atoms with van der Waals surface area (Å²) in [5, 5.41) is 14.0. The summed E-state index contributed by atoms with van der Waals surface area (Å²) < 4.78 is 5.45. The predicted octanol–water partition coefficient (Wildman–Crippen LogP) is 4.16. The Bertz CT molecular complexity index is 922. The largest absolute Gasteiger partial charge is 0.484 e. The van der Waals surface area contributed by atoms with Crippen LogP contribution in [0.3, 0.4) is 0 Å². The molecule has 6 nitrogen and oxygen atoms in total. The Morgan fingerprint density at radius 1 is 0.889 bits per heavy atom. The van der Waals surface area contributed by atoms with Crippen molar-refractivity contribution < 1.29 is 9.53 Å². The van der Waals surface area contributed by atoms with E-state index in [2.05, 4.69) is 33.0 Å². The molecule has 27 heavy (non-hydrogen) atoms. The number of rotatable bonds is 6. The van der Waals surface area contributed by atoms with Crippen LogP contribution in [0.15, 0.2) is 54.6 Å². The zero-order chi connectivity index (χ0) is 19.2. The van der Waals surface area contributed by atoms with E-state index >= 15 is 0 Å². The first-order valence-electron chi connectivity index (χ1n) is 8.67. The molecule has 1 aromatic heterocycles. The number of hydrogen-bond donors (Lipinski definition) is 2. The Hall–Kier alpha value is -3.41. The Labute approximate surface area is 158 Å². The van der Waals surface area contributed by atoms with Gasteiger partial charge in [-0.3, -0.25) is 4.79 Å². The number of anilines is 3. The molecule has 1 amide bonds. The summed E-state index contributed by atoms with van der Waals surface area (Å²) in [6.45, 7) is 5.96. The topological polar surface area (TPSA) is 76.1 Å². The first-order chi connectivity index (χ1) is 13.0. The number of nitrogens with zero attached hydrogens (tertiary/aromatic N) is 2. The molecular formula is C21H22N4O2. The number of carbonyl (C=O) groups is 1. The van der Waals surface area contributed by atoms with E-state index in [1.165, 1.54) is 0 Å². The van der Waals surface area contributed by atoms with Crippen LogP contribution in [-0.2, 0) is 4.79 Å². The molecule has 0 saturated carbocycles. The van der Waals surface area contributed by atoms with E-state index in [1.54, 1.807) is 12.1 Å². The van der Waals surface area contributed by atoms with Crippen LogP contribution < -0.4 is 15.4 Å². The van der Waals surface area contributed by atoms with Crippen molar-refractivity contribution in [1.82, 2.24) is 10.2 Å². The Kier molecular flexibility index (Phi) is 5.66. The number of benzene rings is 2. The Morgan fingerprint density at radius 3 is 2.26 bits per heavy atom. The van der Waals surface area contributed by atoms with E-state index in [9.17, 15) is 4.79 Å². The highest BCUT2D eigenvalue weighted by atomic mass is 16.5. The average Bonchev–Trinajstić information content (AvgIpc) is 2.66. The number of ether oxygens (including phenoxy) is 1. The zero-order valence-electron chi connectivity index (χ0n) is 15.6. The molecule has 2 aromatic carbocycles. The summed E-state index contributed by atoms with van der Waals surface area (Å²) in [4.78, 5) is 12.0. The Morgan fingerprint density at radius 2 is 1.56 bits per heavy atom. The molecule has 0 aliphatic heterocycles. The summed E-state index contributed by atoms with van der Waals surface area (Å²) in [5.41, 5.74) is 4.39. The van der Waals surface area contributed by atoms with Gasteiger partial charge in [-0.25, -0.2) is 0 Å². The summed E-state index contributed by atoms with van der Waals surface area (Å²) in [5.74, 6) is 1.34. The highest BCUT2D eigenvalue weighted by molar-refractivity contribution is 5.90. The van der Waals surface area contributed by atoms with Gasteiger partial charge < -0.3 is 15.4 Å². The molecule has 0 spiro atoms. The minimum atomic E-state index is -0.292. The van der Waals surface area contributed by atoms with Gasteiger partial charge in [-0.05, 0) is 62.2 Å². The van der Waals surface area contributed by atoms with Gasteiger partial charge in [-0.15, -0.1) is 10.2 Å². The highest BCUT2D eigenvalue weighted by Crippen LogP contribution is 2.20. The van der Waals surface area contributed by atoms with Crippen LogP contribution in [0.2, 0.25) is 0 Å². The quantitative estimate of drug-likeness (QED) is 0.688. The predicted molar refractivity (Wildman–Crippen MR) is 107 cm³/mol. The summed E-state index contributed by atoms with van der Waals surface area (Å²) in [6, 6.07) is 17.1. The number of nitrogens with one attached hydrogen (secondary N) is 2. The van der Waals surface area contributed by atoms with E-state index in [4.69, 9.17) is 4.74 Å². The Balaban J connectivity index is 1.54. The van der Waals surface area contributed by atoms with Crippen LogP contribution in [0.1, 0.15) is 16.7 Å². The molecule has 0 bridgehead atoms. The van der Waals surface area contributed by atoms with Crippen LogP contribution in [0.25, 0.3) is 0 Å². The fraction of sp³-hybridized carbons (Fsp3) is 0.190. The molecule has 0 aliphatic carbocycles. The van der Waals surface area contributed by atoms with Crippen molar-refractivity contribution in [2.24, 2.45) is 0 Å². The molecule has 2 N–H and O–H groups in total. The van der Waals surface area contributed by atoms with E-state index < -0.39 is 0 Å². The van der Waals surface area contributed by atoms with Crippen molar-refractivity contribution in [2.45, 2.75) is 20.8 Å². The lowest BCUT2D eigenvalue weighted by atomic mass is 10.1.